The van der Waals surface area contributed by atoms with Gasteiger partial charge in [0, 0.05) is 11.1 Å². The van der Waals surface area contributed by atoms with E-state index in [2.05, 4.69) is 29.6 Å². The molecule has 0 saturated heterocycles. The molecule has 2 aromatic heterocycles. The van der Waals surface area contributed by atoms with Gasteiger partial charge in [0.15, 0.2) is 5.78 Å². The summed E-state index contributed by atoms with van der Waals surface area (Å²) in [5.74, 6) is -2.33. The zero-order valence-corrected chi connectivity index (χ0v) is 14.5. The highest BCUT2D eigenvalue weighted by Gasteiger charge is 2.38. The minimum atomic E-state index is -4.76. The number of nitrogens with one attached hydrogen (secondary N) is 1. The van der Waals surface area contributed by atoms with Crippen LogP contribution < -0.4 is 4.72 Å². The van der Waals surface area contributed by atoms with Gasteiger partial charge in [0.2, 0.25) is 15.8 Å². The summed E-state index contributed by atoms with van der Waals surface area (Å²) in [7, 11) is -3.94. The quantitative estimate of drug-likeness (QED) is 0.605. The molecule has 0 aliphatic heterocycles. The van der Waals surface area contributed by atoms with E-state index in [1.54, 1.807) is 0 Å². The van der Waals surface area contributed by atoms with E-state index in [1.165, 1.54) is 36.5 Å². The summed E-state index contributed by atoms with van der Waals surface area (Å²) in [5, 5.41) is 10.1. The zero-order chi connectivity index (χ0) is 20.4. The Morgan fingerprint density at radius 3 is 2.39 bits per heavy atom. The number of rotatable bonds is 6. The summed E-state index contributed by atoms with van der Waals surface area (Å²) in [5.41, 5.74) is 0.332. The van der Waals surface area contributed by atoms with Crippen LogP contribution in [0, 0.1) is 0 Å². The Hall–Kier alpha value is -3.19. The van der Waals surface area contributed by atoms with Gasteiger partial charge in [-0.05, 0) is 6.07 Å². The van der Waals surface area contributed by atoms with Gasteiger partial charge in [-0.3, -0.25) is 4.79 Å². The molecule has 0 radical (unpaired) electrons. The van der Waals surface area contributed by atoms with Crippen LogP contribution in [0.25, 0.3) is 11.4 Å². The number of hydrogen-bond donors (Lipinski definition) is 1. The van der Waals surface area contributed by atoms with Crippen molar-refractivity contribution in [3.05, 3.63) is 54.2 Å². The third-order valence-corrected chi connectivity index (χ3v) is 4.81. The van der Waals surface area contributed by atoms with Crippen LogP contribution in [0.15, 0.2) is 52.1 Å². The van der Waals surface area contributed by atoms with E-state index in [1.807, 2.05) is 0 Å². The first-order valence-electron chi connectivity index (χ1n) is 7.48. The van der Waals surface area contributed by atoms with Gasteiger partial charge in [-0.25, -0.2) is 13.1 Å². The molecule has 28 heavy (non-hydrogen) atoms. The third-order valence-electron chi connectivity index (χ3n) is 3.42. The average molecular weight is 413 g/mol. The predicted octanol–water partition coefficient (Wildman–Crippen LogP) is 1.71. The molecule has 2 heterocycles. The number of sulfonamides is 1. The first kappa shape index (κ1) is 19.6. The molecule has 0 amide bonds. The van der Waals surface area contributed by atoms with Crippen LogP contribution >= 0.6 is 0 Å². The second kappa shape index (κ2) is 7.44. The highest BCUT2D eigenvalue weighted by Crippen LogP contribution is 2.29. The fourth-order valence-electron chi connectivity index (χ4n) is 2.04. The van der Waals surface area contributed by atoms with E-state index in [9.17, 15) is 26.4 Å². The van der Waals surface area contributed by atoms with Gasteiger partial charge in [-0.1, -0.05) is 29.4 Å². The molecule has 0 saturated carbocycles. The van der Waals surface area contributed by atoms with Crippen molar-refractivity contribution >= 4 is 15.8 Å². The highest BCUT2D eigenvalue weighted by molar-refractivity contribution is 7.89. The Morgan fingerprint density at radius 2 is 1.82 bits per heavy atom. The monoisotopic (exact) mass is 413 g/mol. The molecule has 0 bridgehead atoms. The number of alkyl halides is 3. The number of carbonyl (C=O) groups is 1. The second-order valence-electron chi connectivity index (χ2n) is 5.32. The summed E-state index contributed by atoms with van der Waals surface area (Å²) >= 11 is 0. The number of halogens is 3. The number of aromatic nitrogens is 4. The standard InChI is InChI=1S/C15H10F3N5O4S/c16-15(17,18)14-22-13(23-27-14)10-3-1-9(2-4-10)12(24)8-21-28(25,26)11-5-6-19-20-7-11/h1-7,21H,8H2. The van der Waals surface area contributed by atoms with Crippen molar-refractivity contribution in [3.8, 4) is 11.4 Å². The summed E-state index contributed by atoms with van der Waals surface area (Å²) in [6, 6.07) is 6.47. The van der Waals surface area contributed by atoms with Gasteiger partial charge in [0.25, 0.3) is 0 Å². The Balaban J connectivity index is 1.68. The van der Waals surface area contributed by atoms with E-state index in [0.29, 0.717) is 0 Å². The Labute approximate surface area is 155 Å². The molecule has 0 unspecified atom stereocenters. The lowest BCUT2D eigenvalue weighted by atomic mass is 10.1. The van der Waals surface area contributed by atoms with Gasteiger partial charge >= 0.3 is 12.1 Å². The fraction of sp³-hybridized carbons (Fsp3) is 0.133. The van der Waals surface area contributed by atoms with Crippen molar-refractivity contribution < 1.29 is 30.9 Å². The van der Waals surface area contributed by atoms with E-state index in [0.717, 1.165) is 6.20 Å². The van der Waals surface area contributed by atoms with E-state index in [4.69, 9.17) is 0 Å². The lowest BCUT2D eigenvalue weighted by molar-refractivity contribution is -0.159. The van der Waals surface area contributed by atoms with Crippen molar-refractivity contribution in [2.75, 3.05) is 6.54 Å². The number of nitrogens with zero attached hydrogens (tertiary/aromatic N) is 4. The van der Waals surface area contributed by atoms with Gasteiger partial charge in [0.1, 0.15) is 4.90 Å². The first-order valence-corrected chi connectivity index (χ1v) is 8.96. The molecule has 0 spiro atoms. The maximum Gasteiger partial charge on any atom is 0.471 e. The summed E-state index contributed by atoms with van der Waals surface area (Å²) in [6.45, 7) is -0.523. The van der Waals surface area contributed by atoms with Crippen molar-refractivity contribution in [2.24, 2.45) is 0 Å². The Morgan fingerprint density at radius 1 is 1.11 bits per heavy atom. The van der Waals surface area contributed by atoms with Crippen molar-refractivity contribution in [1.82, 2.24) is 25.1 Å². The maximum atomic E-state index is 12.5. The maximum absolute atomic E-state index is 12.5. The topological polar surface area (TPSA) is 128 Å². The summed E-state index contributed by atoms with van der Waals surface area (Å²) in [4.78, 5) is 15.2. The fourth-order valence-corrected chi connectivity index (χ4v) is 2.96. The number of benzene rings is 1. The van der Waals surface area contributed by atoms with Gasteiger partial charge < -0.3 is 4.52 Å². The Bertz CT molecular complexity index is 1080. The van der Waals surface area contributed by atoms with Crippen molar-refractivity contribution in [2.45, 2.75) is 11.1 Å². The smallest absolute Gasteiger partial charge is 0.329 e. The van der Waals surface area contributed by atoms with E-state index < -0.39 is 34.4 Å². The molecule has 1 aromatic carbocycles. The van der Waals surface area contributed by atoms with Gasteiger partial charge in [-0.15, -0.1) is 0 Å². The summed E-state index contributed by atoms with van der Waals surface area (Å²) < 4.78 is 67.8. The Kier molecular flexibility index (Phi) is 5.20. The van der Waals surface area contributed by atoms with Gasteiger partial charge in [0.05, 0.1) is 18.9 Å². The van der Waals surface area contributed by atoms with Crippen LogP contribution in [0.1, 0.15) is 16.2 Å². The molecule has 146 valence electrons. The summed E-state index contributed by atoms with van der Waals surface area (Å²) in [6.07, 6.45) is -2.54. The number of hydrogen-bond acceptors (Lipinski definition) is 8. The lowest BCUT2D eigenvalue weighted by Gasteiger charge is -2.06. The molecular formula is C15H10F3N5O4S. The lowest BCUT2D eigenvalue weighted by Crippen LogP contribution is -2.29. The normalized spacial score (nSPS) is 12.1. The first-order chi connectivity index (χ1) is 13.2. The predicted molar refractivity (Wildman–Crippen MR) is 86.3 cm³/mol. The largest absolute Gasteiger partial charge is 0.471 e. The second-order valence-corrected chi connectivity index (χ2v) is 7.09. The van der Waals surface area contributed by atoms with Crippen LogP contribution in [0.5, 0.6) is 0 Å². The highest BCUT2D eigenvalue weighted by atomic mass is 32.2. The van der Waals surface area contributed by atoms with Crippen molar-refractivity contribution in [3.63, 3.8) is 0 Å². The number of carbonyl (C=O) groups excluding carboxylic acids is 1. The van der Waals surface area contributed by atoms with E-state index in [-0.39, 0.29) is 21.8 Å². The molecule has 3 rings (SSSR count). The third kappa shape index (κ3) is 4.37. The zero-order valence-electron chi connectivity index (χ0n) is 13.7. The van der Waals surface area contributed by atoms with Crippen molar-refractivity contribution in [1.29, 1.82) is 0 Å². The minimum absolute atomic E-state index is 0.138. The minimum Gasteiger partial charge on any atom is -0.329 e. The molecule has 3 aromatic rings. The van der Waals surface area contributed by atoms with Crippen LogP contribution in [0.4, 0.5) is 13.2 Å². The van der Waals surface area contributed by atoms with E-state index >= 15 is 0 Å². The molecule has 0 aliphatic carbocycles. The molecule has 1 N–H and O–H groups in total. The number of ketones is 1. The van der Waals surface area contributed by atoms with Crippen LogP contribution in [-0.4, -0.2) is 41.1 Å². The molecule has 9 nitrogen and oxygen atoms in total. The van der Waals surface area contributed by atoms with Crippen LogP contribution in [0.3, 0.4) is 0 Å². The average Bonchev–Trinajstić information content (AvgIpc) is 3.18. The van der Waals surface area contributed by atoms with Crippen LogP contribution in [-0.2, 0) is 16.2 Å². The molecule has 13 heteroatoms. The molecule has 0 aliphatic rings. The molecule has 0 atom stereocenters. The van der Waals surface area contributed by atoms with Crippen LogP contribution in [0.2, 0.25) is 0 Å². The van der Waals surface area contributed by atoms with Gasteiger partial charge in [-0.2, -0.15) is 28.4 Å². The SMILES string of the molecule is O=C(CNS(=O)(=O)c1ccnnc1)c1ccc(-c2noc(C(F)(F)F)n2)cc1. The molecule has 0 fully saturated rings. The number of Topliss-reactive ketones (excluding diaryl/α,β-unsaturated/α-hetero) is 1. The molecular weight excluding hydrogens is 403 g/mol.